The van der Waals surface area contributed by atoms with E-state index in [1.54, 1.807) is 12.1 Å². The van der Waals surface area contributed by atoms with Crippen molar-refractivity contribution in [2.45, 2.75) is 31.1 Å². The highest BCUT2D eigenvalue weighted by Gasteiger charge is 2.35. The number of hydrogen-bond acceptors (Lipinski definition) is 3. The molecular weight excluding hydrogens is 241 g/mol. The molecular formula is C15H20FN3. The Hall–Kier alpha value is -1.58. The standard InChI is InChI=1S/C15H20FN3/c16-13-5-3-12(4-6-13)15(7-1-2-8-15)11-19-14-17-9-10-18-14/h3-6H,1-2,7-11H2,(H2,17,18,19). The van der Waals surface area contributed by atoms with Crippen molar-refractivity contribution in [1.82, 2.24) is 10.6 Å². The summed E-state index contributed by atoms with van der Waals surface area (Å²) in [7, 11) is 0. The van der Waals surface area contributed by atoms with Gasteiger partial charge in [0.25, 0.3) is 0 Å². The third-order valence-electron chi connectivity index (χ3n) is 4.29. The van der Waals surface area contributed by atoms with E-state index in [-0.39, 0.29) is 11.2 Å². The number of nitrogens with one attached hydrogen (secondary N) is 2. The first-order chi connectivity index (χ1) is 9.28. The van der Waals surface area contributed by atoms with Crippen molar-refractivity contribution in [3.8, 4) is 0 Å². The molecule has 2 aliphatic rings. The van der Waals surface area contributed by atoms with Crippen LogP contribution in [0.25, 0.3) is 0 Å². The van der Waals surface area contributed by atoms with E-state index in [0.29, 0.717) is 0 Å². The van der Waals surface area contributed by atoms with Crippen LogP contribution in [0.2, 0.25) is 0 Å². The second-order valence-corrected chi connectivity index (χ2v) is 5.50. The lowest BCUT2D eigenvalue weighted by Crippen LogP contribution is -2.43. The molecule has 1 saturated carbocycles. The quantitative estimate of drug-likeness (QED) is 0.875. The molecule has 0 aromatic heterocycles. The fraction of sp³-hybridized carbons (Fsp3) is 0.533. The summed E-state index contributed by atoms with van der Waals surface area (Å²) >= 11 is 0. The molecule has 0 atom stereocenters. The molecule has 1 fully saturated rings. The number of rotatable bonds is 3. The first-order valence-electron chi connectivity index (χ1n) is 7.07. The number of aliphatic imine (C=N–C) groups is 1. The molecule has 1 aromatic rings. The zero-order valence-electron chi connectivity index (χ0n) is 11.1. The molecule has 3 rings (SSSR count). The second kappa shape index (κ2) is 5.19. The van der Waals surface area contributed by atoms with Crippen molar-refractivity contribution in [2.75, 3.05) is 19.6 Å². The minimum Gasteiger partial charge on any atom is -0.356 e. The van der Waals surface area contributed by atoms with Gasteiger partial charge in [0.05, 0.1) is 6.54 Å². The minimum atomic E-state index is -0.160. The number of nitrogens with zero attached hydrogens (tertiary/aromatic N) is 1. The van der Waals surface area contributed by atoms with Crippen LogP contribution < -0.4 is 10.6 Å². The summed E-state index contributed by atoms with van der Waals surface area (Å²) in [5.74, 6) is 0.750. The Morgan fingerprint density at radius 1 is 1.21 bits per heavy atom. The Bertz CT molecular complexity index is 461. The molecule has 0 saturated heterocycles. The van der Waals surface area contributed by atoms with Crippen LogP contribution in [0.1, 0.15) is 31.2 Å². The number of guanidine groups is 1. The van der Waals surface area contributed by atoms with Crippen LogP contribution in [0.5, 0.6) is 0 Å². The molecule has 1 aromatic carbocycles. The maximum atomic E-state index is 13.1. The van der Waals surface area contributed by atoms with Gasteiger partial charge in [0, 0.05) is 18.5 Å². The van der Waals surface area contributed by atoms with Gasteiger partial charge in [-0.2, -0.15) is 0 Å². The van der Waals surface area contributed by atoms with E-state index in [9.17, 15) is 4.39 Å². The molecule has 1 aliphatic carbocycles. The smallest absolute Gasteiger partial charge is 0.191 e. The van der Waals surface area contributed by atoms with Crippen molar-refractivity contribution in [3.05, 3.63) is 35.6 Å². The van der Waals surface area contributed by atoms with Gasteiger partial charge in [-0.15, -0.1) is 0 Å². The normalized spacial score (nSPS) is 21.0. The summed E-state index contributed by atoms with van der Waals surface area (Å²) in [4.78, 5) is 4.37. The molecule has 4 heteroatoms. The van der Waals surface area contributed by atoms with E-state index >= 15 is 0 Å². The van der Waals surface area contributed by atoms with Gasteiger partial charge in [-0.25, -0.2) is 4.39 Å². The minimum absolute atomic E-state index is 0.139. The number of hydrogen-bond donors (Lipinski definition) is 2. The van der Waals surface area contributed by atoms with Crippen LogP contribution in [0.15, 0.2) is 29.3 Å². The average molecular weight is 261 g/mol. The predicted molar refractivity (Wildman–Crippen MR) is 74.9 cm³/mol. The summed E-state index contributed by atoms with van der Waals surface area (Å²) in [5.41, 5.74) is 1.39. The molecule has 0 bridgehead atoms. The van der Waals surface area contributed by atoms with E-state index in [4.69, 9.17) is 0 Å². The SMILES string of the molecule is Fc1ccc(C2(CNC3=NCCN3)CCCC2)cc1. The number of benzene rings is 1. The zero-order valence-corrected chi connectivity index (χ0v) is 11.1. The van der Waals surface area contributed by atoms with Crippen molar-refractivity contribution in [1.29, 1.82) is 0 Å². The molecule has 0 amide bonds. The van der Waals surface area contributed by atoms with Gasteiger partial charge < -0.3 is 10.6 Å². The average Bonchev–Trinajstić information content (AvgIpc) is 3.09. The van der Waals surface area contributed by atoms with Gasteiger partial charge in [-0.05, 0) is 30.5 Å². The second-order valence-electron chi connectivity index (χ2n) is 5.50. The number of halogens is 1. The van der Waals surface area contributed by atoms with Gasteiger partial charge in [-0.1, -0.05) is 25.0 Å². The molecule has 102 valence electrons. The van der Waals surface area contributed by atoms with Crippen molar-refractivity contribution in [2.24, 2.45) is 4.99 Å². The van der Waals surface area contributed by atoms with Crippen LogP contribution in [0.4, 0.5) is 4.39 Å². The van der Waals surface area contributed by atoms with Crippen LogP contribution in [-0.4, -0.2) is 25.6 Å². The van der Waals surface area contributed by atoms with Crippen LogP contribution in [-0.2, 0) is 5.41 Å². The van der Waals surface area contributed by atoms with Gasteiger partial charge in [0.1, 0.15) is 5.82 Å². The van der Waals surface area contributed by atoms with Crippen LogP contribution in [0, 0.1) is 5.82 Å². The predicted octanol–water partition coefficient (Wildman–Crippen LogP) is 2.19. The third-order valence-corrected chi connectivity index (χ3v) is 4.29. The van der Waals surface area contributed by atoms with Gasteiger partial charge in [0.15, 0.2) is 5.96 Å². The lowest BCUT2D eigenvalue weighted by molar-refractivity contribution is 0.432. The zero-order chi connectivity index (χ0) is 13.1. The highest BCUT2D eigenvalue weighted by atomic mass is 19.1. The van der Waals surface area contributed by atoms with Crippen molar-refractivity contribution < 1.29 is 4.39 Å². The van der Waals surface area contributed by atoms with E-state index in [1.807, 2.05) is 12.1 Å². The first-order valence-corrected chi connectivity index (χ1v) is 7.07. The maximum absolute atomic E-state index is 13.1. The largest absolute Gasteiger partial charge is 0.356 e. The first kappa shape index (κ1) is 12.5. The summed E-state index contributed by atoms with van der Waals surface area (Å²) < 4.78 is 13.1. The van der Waals surface area contributed by atoms with Crippen molar-refractivity contribution in [3.63, 3.8) is 0 Å². The summed E-state index contributed by atoms with van der Waals surface area (Å²) in [6.45, 7) is 2.65. The summed E-state index contributed by atoms with van der Waals surface area (Å²) in [6.07, 6.45) is 4.83. The Morgan fingerprint density at radius 3 is 2.58 bits per heavy atom. The van der Waals surface area contributed by atoms with E-state index < -0.39 is 0 Å². The fourth-order valence-electron chi connectivity index (χ4n) is 3.19. The highest BCUT2D eigenvalue weighted by Crippen LogP contribution is 2.40. The third kappa shape index (κ3) is 2.57. The Kier molecular flexibility index (Phi) is 3.40. The van der Waals surface area contributed by atoms with E-state index in [1.165, 1.54) is 31.2 Å². The van der Waals surface area contributed by atoms with Gasteiger partial charge >= 0.3 is 0 Å². The molecule has 19 heavy (non-hydrogen) atoms. The fourth-order valence-corrected chi connectivity index (χ4v) is 3.19. The van der Waals surface area contributed by atoms with Crippen molar-refractivity contribution >= 4 is 5.96 Å². The highest BCUT2D eigenvalue weighted by molar-refractivity contribution is 5.81. The maximum Gasteiger partial charge on any atom is 0.191 e. The molecule has 1 aliphatic heterocycles. The summed E-state index contributed by atoms with van der Waals surface area (Å²) in [5, 5.41) is 6.66. The Balaban J connectivity index is 1.76. The molecule has 0 spiro atoms. The molecule has 0 unspecified atom stereocenters. The molecule has 2 N–H and O–H groups in total. The summed E-state index contributed by atoms with van der Waals surface area (Å²) in [6, 6.07) is 7.01. The Labute approximate surface area is 113 Å². The van der Waals surface area contributed by atoms with E-state index in [0.717, 1.165) is 25.6 Å². The molecule has 1 heterocycles. The lowest BCUT2D eigenvalue weighted by Gasteiger charge is -2.30. The van der Waals surface area contributed by atoms with Gasteiger partial charge in [-0.3, -0.25) is 4.99 Å². The molecule has 3 nitrogen and oxygen atoms in total. The topological polar surface area (TPSA) is 36.4 Å². The Morgan fingerprint density at radius 2 is 1.95 bits per heavy atom. The molecule has 0 radical (unpaired) electrons. The van der Waals surface area contributed by atoms with Gasteiger partial charge in [0.2, 0.25) is 0 Å². The van der Waals surface area contributed by atoms with E-state index in [2.05, 4.69) is 15.6 Å². The monoisotopic (exact) mass is 261 g/mol. The van der Waals surface area contributed by atoms with Crippen LogP contribution >= 0.6 is 0 Å². The van der Waals surface area contributed by atoms with Crippen LogP contribution in [0.3, 0.4) is 0 Å². The lowest BCUT2D eigenvalue weighted by atomic mass is 9.79.